The molecule has 210 valence electrons. The Morgan fingerprint density at radius 2 is 1.74 bits per heavy atom. The first kappa shape index (κ1) is 27.9. The number of aliphatic hydroxyl groups excluding tert-OH is 2. The van der Waals surface area contributed by atoms with Crippen molar-refractivity contribution in [3.8, 4) is 0 Å². The third kappa shape index (κ3) is 5.27. The lowest BCUT2D eigenvalue weighted by molar-refractivity contribution is 0.0286. The maximum Gasteiger partial charge on any atom is 0.256 e. The highest BCUT2D eigenvalue weighted by Crippen LogP contribution is 2.37. The Balaban J connectivity index is 0.00000308. The summed E-state index contributed by atoms with van der Waals surface area (Å²) in [5, 5.41) is 24.7. The Labute approximate surface area is 236 Å². The van der Waals surface area contributed by atoms with Gasteiger partial charge in [-0.3, -0.25) is 9.59 Å². The first-order valence-electron chi connectivity index (χ1n) is 14.1. The molecule has 2 aromatic carbocycles. The average molecular weight is 555 g/mol. The van der Waals surface area contributed by atoms with E-state index in [1.165, 1.54) is 11.1 Å². The first-order valence-corrected chi connectivity index (χ1v) is 14.1. The minimum Gasteiger partial charge on any atom is -0.393 e. The van der Waals surface area contributed by atoms with Gasteiger partial charge in [-0.15, -0.1) is 12.4 Å². The normalized spacial score (nSPS) is 26.8. The number of nitrogens with zero attached hydrogens (tertiary/aromatic N) is 3. The van der Waals surface area contributed by atoms with Crippen LogP contribution < -0.4 is 10.2 Å². The van der Waals surface area contributed by atoms with Gasteiger partial charge in [-0.1, -0.05) is 24.3 Å². The van der Waals surface area contributed by atoms with Crippen LogP contribution >= 0.6 is 12.4 Å². The number of hydrogen-bond donors (Lipinski definition) is 3. The smallest absolute Gasteiger partial charge is 0.256 e. The Morgan fingerprint density at radius 3 is 2.46 bits per heavy atom. The van der Waals surface area contributed by atoms with E-state index in [1.807, 2.05) is 23.1 Å². The van der Waals surface area contributed by atoms with Crippen molar-refractivity contribution in [2.45, 2.75) is 75.9 Å². The molecule has 2 bridgehead atoms. The van der Waals surface area contributed by atoms with Crippen LogP contribution in [0.25, 0.3) is 0 Å². The number of nitrogens with one attached hydrogen (secondary N) is 1. The Kier molecular flexibility index (Phi) is 8.19. The quantitative estimate of drug-likeness (QED) is 0.526. The molecule has 9 heteroatoms. The van der Waals surface area contributed by atoms with Gasteiger partial charge in [0.05, 0.1) is 23.5 Å². The Bertz CT molecular complexity index is 1210. The summed E-state index contributed by atoms with van der Waals surface area (Å²) in [6.07, 6.45) is 2.90. The van der Waals surface area contributed by atoms with Gasteiger partial charge in [0.2, 0.25) is 0 Å². The summed E-state index contributed by atoms with van der Waals surface area (Å²) in [6.45, 7) is 4.91. The van der Waals surface area contributed by atoms with E-state index in [1.54, 1.807) is 17.0 Å². The van der Waals surface area contributed by atoms with E-state index in [9.17, 15) is 19.8 Å². The Hall–Kier alpha value is -2.65. The summed E-state index contributed by atoms with van der Waals surface area (Å²) in [5.74, 6) is -0.109. The van der Waals surface area contributed by atoms with Crippen LogP contribution in [0.5, 0.6) is 0 Å². The van der Waals surface area contributed by atoms with Gasteiger partial charge in [-0.05, 0) is 68.4 Å². The number of fused-ring (bicyclic) bond motifs is 4. The molecule has 2 amide bonds. The minimum absolute atomic E-state index is 0. The molecule has 3 N–H and O–H groups in total. The van der Waals surface area contributed by atoms with Gasteiger partial charge in [0.1, 0.15) is 0 Å². The number of aliphatic hydroxyl groups is 2. The number of amides is 2. The predicted octanol–water partition coefficient (Wildman–Crippen LogP) is 2.59. The van der Waals surface area contributed by atoms with Crippen LogP contribution in [0, 0.1) is 0 Å². The van der Waals surface area contributed by atoms with Crippen molar-refractivity contribution in [1.29, 1.82) is 0 Å². The topological polar surface area (TPSA) is 96.3 Å². The molecule has 4 atom stereocenters. The molecule has 4 heterocycles. The van der Waals surface area contributed by atoms with Crippen LogP contribution in [0.4, 0.5) is 5.69 Å². The fraction of sp³-hybridized carbons (Fsp3) is 0.533. The highest BCUT2D eigenvalue weighted by molar-refractivity contribution is 6.03. The second kappa shape index (κ2) is 11.5. The van der Waals surface area contributed by atoms with Gasteiger partial charge in [0.25, 0.3) is 11.8 Å². The maximum atomic E-state index is 13.7. The molecule has 2 unspecified atom stereocenters. The molecular weight excluding hydrogens is 516 g/mol. The molecule has 0 saturated carbocycles. The van der Waals surface area contributed by atoms with Crippen molar-refractivity contribution in [2.24, 2.45) is 0 Å². The number of rotatable bonds is 5. The SMILES string of the molecule is CCN1CCN(C[C@@H](O)[C@@H]2Cc3ccccc3CN2)C(=O)c2ccc(C(=O)N3C4CCC3CC(O)C4)cc21.Cl. The molecule has 0 spiro atoms. The van der Waals surface area contributed by atoms with E-state index in [-0.39, 0.29) is 55.0 Å². The van der Waals surface area contributed by atoms with Crippen LogP contribution in [-0.2, 0) is 13.0 Å². The standard InChI is InChI=1S/C30H38N4O4.ClH/c1-2-32-11-12-33(18-28(36)26-13-19-5-3-4-6-21(19)17-31-26)30(38)25-10-7-20(14-27(25)32)29(37)34-22-8-9-23(34)16-24(35)15-22;/h3-7,10,14,22-24,26,28,31,35-36H,2,8-9,11-13,15-18H2,1H3;1H/t22?,23?,24?,26-,28+;/m0./s1. The highest BCUT2D eigenvalue weighted by atomic mass is 35.5. The number of carbonyl (C=O) groups excluding carboxylic acids is 2. The molecule has 0 aliphatic carbocycles. The number of piperidine rings is 1. The van der Waals surface area contributed by atoms with Gasteiger partial charge < -0.3 is 30.2 Å². The zero-order valence-corrected chi connectivity index (χ0v) is 23.3. The number of likely N-dealkylation sites (N-methyl/N-ethyl adjacent to an activating group) is 1. The van der Waals surface area contributed by atoms with Gasteiger partial charge in [-0.2, -0.15) is 0 Å². The number of halogens is 1. The summed E-state index contributed by atoms with van der Waals surface area (Å²) < 4.78 is 0. The number of benzene rings is 2. The molecule has 0 aromatic heterocycles. The fourth-order valence-electron chi connectivity index (χ4n) is 6.98. The van der Waals surface area contributed by atoms with Gasteiger partial charge in [0, 0.05) is 56.4 Å². The highest BCUT2D eigenvalue weighted by Gasteiger charge is 2.43. The summed E-state index contributed by atoms with van der Waals surface area (Å²) in [7, 11) is 0. The van der Waals surface area contributed by atoms with Crippen molar-refractivity contribution in [2.75, 3.05) is 31.1 Å². The van der Waals surface area contributed by atoms with Gasteiger partial charge >= 0.3 is 0 Å². The summed E-state index contributed by atoms with van der Waals surface area (Å²) in [5.41, 5.74) is 4.46. The lowest BCUT2D eigenvalue weighted by Gasteiger charge is -2.37. The molecule has 8 nitrogen and oxygen atoms in total. The van der Waals surface area contributed by atoms with E-state index < -0.39 is 6.10 Å². The molecule has 0 radical (unpaired) electrons. The zero-order chi connectivity index (χ0) is 26.4. The summed E-state index contributed by atoms with van der Waals surface area (Å²) in [6, 6.07) is 13.8. The number of anilines is 1. The van der Waals surface area contributed by atoms with Crippen LogP contribution in [0.2, 0.25) is 0 Å². The van der Waals surface area contributed by atoms with Crippen molar-refractivity contribution >= 4 is 29.9 Å². The fourth-order valence-corrected chi connectivity index (χ4v) is 6.98. The number of β-amino-alcohol motifs (C(OH)–C–C–N with tert-alkyl or cyclic N) is 1. The summed E-state index contributed by atoms with van der Waals surface area (Å²) >= 11 is 0. The molecule has 2 aromatic rings. The Morgan fingerprint density at radius 1 is 1.05 bits per heavy atom. The molecule has 4 aliphatic heterocycles. The van der Waals surface area contributed by atoms with E-state index in [2.05, 4.69) is 29.3 Å². The van der Waals surface area contributed by atoms with Crippen LogP contribution in [-0.4, -0.2) is 88.3 Å². The molecule has 2 fully saturated rings. The van der Waals surface area contributed by atoms with Crippen molar-refractivity contribution in [1.82, 2.24) is 15.1 Å². The van der Waals surface area contributed by atoms with E-state index >= 15 is 0 Å². The molecular formula is C30H39ClN4O4. The van der Waals surface area contributed by atoms with Crippen molar-refractivity contribution in [3.05, 3.63) is 64.7 Å². The first-order chi connectivity index (χ1) is 18.4. The molecule has 2 saturated heterocycles. The van der Waals surface area contributed by atoms with Crippen LogP contribution in [0.15, 0.2) is 42.5 Å². The monoisotopic (exact) mass is 554 g/mol. The third-order valence-electron chi connectivity index (χ3n) is 9.05. The largest absolute Gasteiger partial charge is 0.393 e. The lowest BCUT2D eigenvalue weighted by atomic mass is 9.92. The molecule has 6 rings (SSSR count). The lowest BCUT2D eigenvalue weighted by Crippen LogP contribution is -2.50. The van der Waals surface area contributed by atoms with Crippen LogP contribution in [0.1, 0.15) is 64.4 Å². The number of hydrogen-bond acceptors (Lipinski definition) is 6. The van der Waals surface area contributed by atoms with Crippen molar-refractivity contribution in [3.63, 3.8) is 0 Å². The second-order valence-electron chi connectivity index (χ2n) is 11.3. The van der Waals surface area contributed by atoms with E-state index in [0.717, 1.165) is 31.5 Å². The average Bonchev–Trinajstić information content (AvgIpc) is 3.13. The van der Waals surface area contributed by atoms with E-state index in [0.29, 0.717) is 43.6 Å². The zero-order valence-electron chi connectivity index (χ0n) is 22.5. The van der Waals surface area contributed by atoms with Crippen LogP contribution in [0.3, 0.4) is 0 Å². The maximum absolute atomic E-state index is 13.7. The van der Waals surface area contributed by atoms with Gasteiger partial charge in [0.15, 0.2) is 0 Å². The van der Waals surface area contributed by atoms with E-state index in [4.69, 9.17) is 0 Å². The molecule has 39 heavy (non-hydrogen) atoms. The predicted molar refractivity (Wildman–Crippen MR) is 152 cm³/mol. The second-order valence-corrected chi connectivity index (χ2v) is 11.3. The van der Waals surface area contributed by atoms with Gasteiger partial charge in [-0.25, -0.2) is 0 Å². The van der Waals surface area contributed by atoms with Crippen molar-refractivity contribution < 1.29 is 19.8 Å². The molecule has 4 aliphatic rings. The third-order valence-corrected chi connectivity index (χ3v) is 9.05. The summed E-state index contributed by atoms with van der Waals surface area (Å²) in [4.78, 5) is 33.2. The minimum atomic E-state index is -0.685. The number of carbonyl (C=O) groups is 2.